The molecule has 1 unspecified atom stereocenters. The van der Waals surface area contributed by atoms with Crippen molar-refractivity contribution in [1.29, 1.82) is 0 Å². The number of hydrogen-bond donors (Lipinski definition) is 3. The van der Waals surface area contributed by atoms with Gasteiger partial charge >= 0.3 is 0 Å². The number of aryl methyl sites for hydroxylation is 1. The van der Waals surface area contributed by atoms with Crippen LogP contribution in [0.2, 0.25) is 0 Å². The van der Waals surface area contributed by atoms with E-state index in [1.54, 1.807) is 23.5 Å². The summed E-state index contributed by atoms with van der Waals surface area (Å²) in [6.45, 7) is 3.85. The molecule has 2 aromatic carbocycles. The van der Waals surface area contributed by atoms with Crippen LogP contribution in [-0.4, -0.2) is 46.8 Å². The largest absolute Gasteiger partial charge is 0.388 e. The van der Waals surface area contributed by atoms with Crippen LogP contribution in [0.15, 0.2) is 54.6 Å². The first-order chi connectivity index (χ1) is 15.8. The summed E-state index contributed by atoms with van der Waals surface area (Å²) in [5.74, 6) is -1.85. The van der Waals surface area contributed by atoms with Crippen molar-refractivity contribution in [3.63, 3.8) is 0 Å². The van der Waals surface area contributed by atoms with E-state index in [2.05, 4.69) is 6.07 Å². The number of hydrogen-bond acceptors (Lipinski definition) is 6. The first-order valence-electron chi connectivity index (χ1n) is 11.0. The molecule has 2 heterocycles. The highest BCUT2D eigenvalue weighted by molar-refractivity contribution is 7.15. The minimum absolute atomic E-state index is 0.259. The molecule has 5 atom stereocenters. The number of benzene rings is 2. The Morgan fingerprint density at radius 3 is 2.42 bits per heavy atom. The van der Waals surface area contributed by atoms with Gasteiger partial charge in [-0.2, -0.15) is 0 Å². The van der Waals surface area contributed by atoms with Crippen LogP contribution in [0.25, 0.3) is 10.4 Å². The zero-order valence-electron chi connectivity index (χ0n) is 18.9. The fourth-order valence-electron chi connectivity index (χ4n) is 4.35. The van der Waals surface area contributed by atoms with Gasteiger partial charge in [0.15, 0.2) is 0 Å². The minimum atomic E-state index is -1.59. The van der Waals surface area contributed by atoms with Crippen molar-refractivity contribution < 1.29 is 29.2 Å². The average molecular weight is 473 g/mol. The lowest BCUT2D eigenvalue weighted by molar-refractivity contribution is -0.363. The maximum atomic E-state index is 13.2. The Labute approximate surface area is 197 Å². The molecule has 1 fully saturated rings. The van der Waals surface area contributed by atoms with E-state index in [9.17, 15) is 19.7 Å². The van der Waals surface area contributed by atoms with Crippen LogP contribution in [0.4, 0.5) is 4.39 Å². The molecule has 176 valence electrons. The third-order valence-corrected chi connectivity index (χ3v) is 7.52. The summed E-state index contributed by atoms with van der Waals surface area (Å²) >= 11 is 1.64. The van der Waals surface area contributed by atoms with E-state index in [0.29, 0.717) is 18.4 Å². The van der Waals surface area contributed by atoms with Crippen LogP contribution in [0.5, 0.6) is 0 Å². The first-order valence-corrected chi connectivity index (χ1v) is 11.8. The van der Waals surface area contributed by atoms with E-state index in [-0.39, 0.29) is 5.82 Å². The van der Waals surface area contributed by atoms with Crippen molar-refractivity contribution in [2.45, 2.75) is 56.9 Å². The molecule has 1 aliphatic rings. The highest BCUT2D eigenvalue weighted by atomic mass is 32.1. The Kier molecular flexibility index (Phi) is 7.00. The van der Waals surface area contributed by atoms with E-state index in [0.717, 1.165) is 26.4 Å². The van der Waals surface area contributed by atoms with Crippen LogP contribution in [0.1, 0.15) is 34.9 Å². The molecule has 1 saturated heterocycles. The zero-order chi connectivity index (χ0) is 23.8. The van der Waals surface area contributed by atoms with Crippen molar-refractivity contribution in [2.24, 2.45) is 0 Å². The predicted octanol–water partition coefficient (Wildman–Crippen LogP) is 4.14. The Hall–Kier alpha value is -2.13. The van der Waals surface area contributed by atoms with Gasteiger partial charge in [0.2, 0.25) is 5.79 Å². The maximum Gasteiger partial charge on any atom is 0.224 e. The van der Waals surface area contributed by atoms with Gasteiger partial charge in [0.05, 0.1) is 6.10 Å². The third-order valence-electron chi connectivity index (χ3n) is 6.38. The SMILES string of the molecule is CC[C@H]1OC(OC)(c2ccc(C)c(Cc3ccc(-c4ccc(F)cc4)s3)c2)[C@H](O)[C@@H](O)[C@@H]1O. The summed E-state index contributed by atoms with van der Waals surface area (Å²) in [6.07, 6.45) is -3.62. The van der Waals surface area contributed by atoms with E-state index in [1.165, 1.54) is 19.2 Å². The molecule has 5 nitrogen and oxygen atoms in total. The molecule has 3 N–H and O–H groups in total. The van der Waals surface area contributed by atoms with Crippen LogP contribution < -0.4 is 0 Å². The monoisotopic (exact) mass is 472 g/mol. The van der Waals surface area contributed by atoms with Crippen LogP contribution in [-0.2, 0) is 21.7 Å². The normalized spacial score (nSPS) is 27.6. The van der Waals surface area contributed by atoms with E-state index in [4.69, 9.17) is 9.47 Å². The van der Waals surface area contributed by atoms with Gasteiger partial charge < -0.3 is 24.8 Å². The number of halogens is 1. The van der Waals surface area contributed by atoms with Crippen LogP contribution >= 0.6 is 11.3 Å². The predicted molar refractivity (Wildman–Crippen MR) is 126 cm³/mol. The maximum absolute atomic E-state index is 13.2. The number of ether oxygens (including phenoxy) is 2. The molecule has 3 aromatic rings. The molecule has 4 rings (SSSR count). The number of aliphatic hydroxyl groups is 3. The molecular weight excluding hydrogens is 443 g/mol. The number of rotatable bonds is 6. The number of aliphatic hydroxyl groups excluding tert-OH is 3. The zero-order valence-corrected chi connectivity index (χ0v) is 19.7. The molecule has 0 radical (unpaired) electrons. The fraction of sp³-hybridized carbons (Fsp3) is 0.385. The van der Waals surface area contributed by atoms with Crippen molar-refractivity contribution in [1.82, 2.24) is 0 Å². The fourth-order valence-corrected chi connectivity index (χ4v) is 5.39. The molecule has 0 bridgehead atoms. The standard InChI is InChI=1S/C26H29FO5S/c1-4-21-23(28)24(29)25(30)26(31-3,32-21)18-8-5-15(2)17(13-18)14-20-11-12-22(33-20)16-6-9-19(27)10-7-16/h5-13,21,23-25,28-30H,4,14H2,1-3H3/t21-,23-,24+,25-,26?/m1/s1. The van der Waals surface area contributed by atoms with Gasteiger partial charge in [0, 0.05) is 28.8 Å². The lowest BCUT2D eigenvalue weighted by Crippen LogP contribution is -2.63. The second-order valence-electron chi connectivity index (χ2n) is 8.45. The van der Waals surface area contributed by atoms with Gasteiger partial charge in [-0.1, -0.05) is 31.2 Å². The average Bonchev–Trinajstić information content (AvgIpc) is 3.29. The summed E-state index contributed by atoms with van der Waals surface area (Å²) in [6, 6.07) is 16.2. The van der Waals surface area contributed by atoms with Gasteiger partial charge in [-0.05, 0) is 60.4 Å². The van der Waals surface area contributed by atoms with Gasteiger partial charge in [-0.25, -0.2) is 4.39 Å². The summed E-state index contributed by atoms with van der Waals surface area (Å²) in [7, 11) is 1.42. The van der Waals surface area contributed by atoms with Crippen molar-refractivity contribution in [2.75, 3.05) is 7.11 Å². The molecule has 33 heavy (non-hydrogen) atoms. The lowest BCUT2D eigenvalue weighted by Gasteiger charge is -2.48. The Morgan fingerprint density at radius 2 is 1.76 bits per heavy atom. The van der Waals surface area contributed by atoms with Crippen molar-refractivity contribution in [3.05, 3.63) is 82.0 Å². The highest BCUT2D eigenvalue weighted by Gasteiger charge is 2.54. The van der Waals surface area contributed by atoms with Gasteiger partial charge in [-0.15, -0.1) is 11.3 Å². The molecular formula is C26H29FO5S. The van der Waals surface area contributed by atoms with Crippen molar-refractivity contribution >= 4 is 11.3 Å². The summed E-state index contributed by atoms with van der Waals surface area (Å²) in [4.78, 5) is 2.19. The van der Waals surface area contributed by atoms with E-state index < -0.39 is 30.2 Å². The van der Waals surface area contributed by atoms with Gasteiger partial charge in [-0.3, -0.25) is 0 Å². The van der Waals surface area contributed by atoms with Crippen molar-refractivity contribution in [3.8, 4) is 10.4 Å². The number of methoxy groups -OCH3 is 1. The molecule has 0 amide bonds. The van der Waals surface area contributed by atoms with Crippen LogP contribution in [0, 0.1) is 12.7 Å². The van der Waals surface area contributed by atoms with E-state index in [1.807, 2.05) is 38.1 Å². The van der Waals surface area contributed by atoms with Gasteiger partial charge in [0.1, 0.15) is 24.1 Å². The third kappa shape index (κ3) is 4.49. The summed E-state index contributed by atoms with van der Waals surface area (Å²) in [5.41, 5.74) is 3.65. The molecule has 7 heteroatoms. The highest BCUT2D eigenvalue weighted by Crippen LogP contribution is 2.41. The Morgan fingerprint density at radius 1 is 1.03 bits per heavy atom. The molecule has 0 saturated carbocycles. The topological polar surface area (TPSA) is 79.2 Å². The second-order valence-corrected chi connectivity index (χ2v) is 9.62. The second kappa shape index (κ2) is 9.62. The van der Waals surface area contributed by atoms with Crippen LogP contribution in [0.3, 0.4) is 0 Å². The quantitative estimate of drug-likeness (QED) is 0.503. The summed E-state index contributed by atoms with van der Waals surface area (Å²) < 4.78 is 25.0. The molecule has 1 aliphatic heterocycles. The summed E-state index contributed by atoms with van der Waals surface area (Å²) in [5, 5.41) is 31.6. The van der Waals surface area contributed by atoms with E-state index >= 15 is 0 Å². The molecule has 1 aromatic heterocycles. The minimum Gasteiger partial charge on any atom is -0.388 e. The number of thiophene rings is 1. The molecule has 0 aliphatic carbocycles. The Bertz CT molecular complexity index is 1100. The van der Waals surface area contributed by atoms with Gasteiger partial charge in [0.25, 0.3) is 0 Å². The molecule has 0 spiro atoms. The lowest BCUT2D eigenvalue weighted by atomic mass is 9.86. The smallest absolute Gasteiger partial charge is 0.224 e. The Balaban J connectivity index is 1.65. The first kappa shape index (κ1) is 24.0.